The smallest absolute Gasteiger partial charge is 0.250 e. The fourth-order valence-electron chi connectivity index (χ4n) is 2.84. The maximum Gasteiger partial charge on any atom is 0.250 e. The topological polar surface area (TPSA) is 64.6 Å². The molecule has 1 fully saturated rings. The van der Waals surface area contributed by atoms with Gasteiger partial charge < -0.3 is 9.47 Å². The molecule has 24 heavy (non-hydrogen) atoms. The third kappa shape index (κ3) is 3.01. The largest absolute Gasteiger partial charge is 0.486 e. The number of sulfonamides is 1. The van der Waals surface area contributed by atoms with Gasteiger partial charge in [0.2, 0.25) is 10.0 Å². The molecule has 1 aromatic carbocycles. The molecule has 2 aromatic rings. The number of halogens is 1. The Morgan fingerprint density at radius 2 is 1.88 bits per heavy atom. The van der Waals surface area contributed by atoms with Crippen LogP contribution < -0.4 is 14.2 Å². The number of hydrogen-bond acceptors (Lipinski definition) is 5. The van der Waals surface area contributed by atoms with E-state index in [0.717, 1.165) is 41.2 Å². The molecule has 2 heterocycles. The lowest BCUT2D eigenvalue weighted by molar-refractivity contribution is 0.171. The van der Waals surface area contributed by atoms with Crippen molar-refractivity contribution in [3.63, 3.8) is 0 Å². The lowest BCUT2D eigenvalue weighted by Crippen LogP contribution is -2.32. The van der Waals surface area contributed by atoms with Crippen LogP contribution in [0.15, 0.2) is 34.5 Å². The quantitative estimate of drug-likeness (QED) is 0.858. The maximum absolute atomic E-state index is 12.4. The van der Waals surface area contributed by atoms with Crippen LogP contribution >= 0.6 is 22.9 Å². The van der Waals surface area contributed by atoms with Crippen LogP contribution in [0, 0.1) is 0 Å². The highest BCUT2D eigenvalue weighted by Crippen LogP contribution is 2.49. The van der Waals surface area contributed by atoms with E-state index in [1.807, 2.05) is 18.2 Å². The van der Waals surface area contributed by atoms with E-state index in [4.69, 9.17) is 21.1 Å². The minimum atomic E-state index is -3.53. The molecule has 0 saturated heterocycles. The molecular formula is C16H16ClNO4S2. The molecule has 1 aromatic heterocycles. The van der Waals surface area contributed by atoms with E-state index in [9.17, 15) is 8.42 Å². The number of benzene rings is 1. The Morgan fingerprint density at radius 1 is 1.12 bits per heavy atom. The molecule has 128 valence electrons. The SMILES string of the molecule is O=S(=O)(NCC1(c2ccc3c(c2)OCCO3)CC1)c1ccc(Cl)s1. The summed E-state index contributed by atoms with van der Waals surface area (Å²) in [6.07, 6.45) is 1.89. The summed E-state index contributed by atoms with van der Waals surface area (Å²) in [6, 6.07) is 8.99. The average Bonchev–Trinajstić information content (AvgIpc) is 3.26. The lowest BCUT2D eigenvalue weighted by atomic mass is 9.96. The minimum absolute atomic E-state index is 0.163. The molecule has 0 bridgehead atoms. The molecule has 1 aliphatic carbocycles. The van der Waals surface area contributed by atoms with Crippen LogP contribution in [-0.4, -0.2) is 28.2 Å². The number of thiophene rings is 1. The van der Waals surface area contributed by atoms with Gasteiger partial charge in [0.05, 0.1) is 4.34 Å². The van der Waals surface area contributed by atoms with E-state index in [1.165, 1.54) is 6.07 Å². The summed E-state index contributed by atoms with van der Waals surface area (Å²) in [5.74, 6) is 1.48. The van der Waals surface area contributed by atoms with Crippen LogP contribution in [-0.2, 0) is 15.4 Å². The predicted octanol–water partition coefficient (Wildman–Crippen LogP) is 3.18. The molecule has 4 rings (SSSR count). The molecule has 2 aliphatic rings. The van der Waals surface area contributed by atoms with Crippen molar-refractivity contribution in [1.82, 2.24) is 4.72 Å². The van der Waals surface area contributed by atoms with Gasteiger partial charge >= 0.3 is 0 Å². The molecule has 1 aliphatic heterocycles. The minimum Gasteiger partial charge on any atom is -0.486 e. The monoisotopic (exact) mass is 385 g/mol. The van der Waals surface area contributed by atoms with E-state index >= 15 is 0 Å². The van der Waals surface area contributed by atoms with Crippen molar-refractivity contribution >= 4 is 33.0 Å². The van der Waals surface area contributed by atoms with Crippen molar-refractivity contribution in [1.29, 1.82) is 0 Å². The molecule has 8 heteroatoms. The summed E-state index contributed by atoms with van der Waals surface area (Å²) in [5.41, 5.74) is 0.919. The van der Waals surface area contributed by atoms with Crippen LogP contribution in [0.2, 0.25) is 4.34 Å². The van der Waals surface area contributed by atoms with Gasteiger partial charge in [-0.05, 0) is 42.7 Å². The summed E-state index contributed by atoms with van der Waals surface area (Å²) in [7, 11) is -3.53. The number of ether oxygens (including phenoxy) is 2. The molecule has 0 radical (unpaired) electrons. The summed E-state index contributed by atoms with van der Waals surface area (Å²) in [5, 5.41) is 0. The second kappa shape index (κ2) is 5.91. The fourth-order valence-corrected chi connectivity index (χ4v) is 5.49. The highest BCUT2D eigenvalue weighted by molar-refractivity contribution is 7.91. The Balaban J connectivity index is 1.52. The lowest BCUT2D eigenvalue weighted by Gasteiger charge is -2.22. The Bertz CT molecular complexity index is 874. The third-order valence-electron chi connectivity index (χ3n) is 4.42. The van der Waals surface area contributed by atoms with Gasteiger partial charge in [0.25, 0.3) is 0 Å². The summed E-state index contributed by atoms with van der Waals surface area (Å²) >= 11 is 6.89. The zero-order valence-corrected chi connectivity index (χ0v) is 15.1. The number of rotatable bonds is 5. The van der Waals surface area contributed by atoms with Crippen LogP contribution in [0.4, 0.5) is 0 Å². The fraction of sp³-hybridized carbons (Fsp3) is 0.375. The number of hydrogen-bond donors (Lipinski definition) is 1. The first-order chi connectivity index (χ1) is 11.5. The molecule has 1 saturated carbocycles. The second-order valence-corrected chi connectivity index (χ2v) is 9.73. The van der Waals surface area contributed by atoms with Gasteiger partial charge in [-0.2, -0.15) is 0 Å². The predicted molar refractivity (Wildman–Crippen MR) is 92.9 cm³/mol. The van der Waals surface area contributed by atoms with Crippen molar-refractivity contribution < 1.29 is 17.9 Å². The van der Waals surface area contributed by atoms with Gasteiger partial charge in [-0.15, -0.1) is 11.3 Å². The van der Waals surface area contributed by atoms with Crippen molar-refractivity contribution in [2.75, 3.05) is 19.8 Å². The Hall–Kier alpha value is -1.28. The molecule has 5 nitrogen and oxygen atoms in total. The van der Waals surface area contributed by atoms with Crippen molar-refractivity contribution in [2.45, 2.75) is 22.5 Å². The normalized spacial score (nSPS) is 18.4. The summed E-state index contributed by atoms with van der Waals surface area (Å²) in [4.78, 5) is 0. The highest BCUT2D eigenvalue weighted by atomic mass is 35.5. The van der Waals surface area contributed by atoms with Crippen LogP contribution in [0.5, 0.6) is 11.5 Å². The molecule has 0 atom stereocenters. The third-order valence-corrected chi connectivity index (χ3v) is 7.55. The van der Waals surface area contributed by atoms with Crippen LogP contribution in [0.3, 0.4) is 0 Å². The Morgan fingerprint density at radius 3 is 2.54 bits per heavy atom. The Labute approximate surface area is 149 Å². The molecular weight excluding hydrogens is 370 g/mol. The van der Waals surface area contributed by atoms with Gasteiger partial charge in [-0.1, -0.05) is 17.7 Å². The van der Waals surface area contributed by atoms with Crippen molar-refractivity contribution in [3.05, 3.63) is 40.2 Å². The summed E-state index contributed by atoms with van der Waals surface area (Å²) in [6.45, 7) is 1.46. The zero-order valence-electron chi connectivity index (χ0n) is 12.7. The van der Waals surface area contributed by atoms with Gasteiger partial charge in [0, 0.05) is 12.0 Å². The van der Waals surface area contributed by atoms with E-state index in [2.05, 4.69) is 4.72 Å². The van der Waals surface area contributed by atoms with Crippen LogP contribution in [0.25, 0.3) is 0 Å². The Kier molecular flexibility index (Phi) is 3.99. The standard InChI is InChI=1S/C16H16ClNO4S2/c17-14-3-4-15(23-14)24(19,20)18-10-16(5-6-16)11-1-2-12-13(9-11)22-8-7-21-12/h1-4,9,18H,5-8,10H2. The van der Waals surface area contributed by atoms with Crippen molar-refractivity contribution in [2.24, 2.45) is 0 Å². The van der Waals surface area contributed by atoms with Gasteiger partial charge in [-0.25, -0.2) is 13.1 Å². The maximum atomic E-state index is 12.4. The summed E-state index contributed by atoms with van der Waals surface area (Å²) < 4.78 is 39.4. The molecule has 0 spiro atoms. The van der Waals surface area contributed by atoms with Crippen molar-refractivity contribution in [3.8, 4) is 11.5 Å². The van der Waals surface area contributed by atoms with E-state index in [0.29, 0.717) is 24.1 Å². The number of nitrogens with one attached hydrogen (secondary N) is 1. The first-order valence-electron chi connectivity index (χ1n) is 7.64. The van der Waals surface area contributed by atoms with E-state index < -0.39 is 10.0 Å². The molecule has 0 unspecified atom stereocenters. The molecule has 1 N–H and O–H groups in total. The first-order valence-corrected chi connectivity index (χ1v) is 10.3. The van der Waals surface area contributed by atoms with Gasteiger partial charge in [0.1, 0.15) is 17.4 Å². The van der Waals surface area contributed by atoms with Gasteiger partial charge in [-0.3, -0.25) is 0 Å². The second-order valence-electron chi connectivity index (χ2n) is 6.02. The molecule has 0 amide bonds. The first kappa shape index (κ1) is 16.2. The number of fused-ring (bicyclic) bond motifs is 1. The average molecular weight is 386 g/mol. The van der Waals surface area contributed by atoms with E-state index in [-0.39, 0.29) is 9.62 Å². The zero-order chi connectivity index (χ0) is 16.8. The highest BCUT2D eigenvalue weighted by Gasteiger charge is 2.45. The van der Waals surface area contributed by atoms with E-state index in [1.54, 1.807) is 6.07 Å². The van der Waals surface area contributed by atoms with Gasteiger partial charge in [0.15, 0.2) is 11.5 Å². The van der Waals surface area contributed by atoms with Crippen LogP contribution in [0.1, 0.15) is 18.4 Å².